The Morgan fingerprint density at radius 2 is 2.00 bits per heavy atom. The van der Waals surface area contributed by atoms with E-state index in [-0.39, 0.29) is 11.7 Å². The average Bonchev–Trinajstić information content (AvgIpc) is 2.19. The predicted octanol–water partition coefficient (Wildman–Crippen LogP) is 2.34. The predicted molar refractivity (Wildman–Crippen MR) is 57.1 cm³/mol. The molecule has 76 valence electrons. The van der Waals surface area contributed by atoms with Crippen molar-refractivity contribution in [1.29, 1.82) is 0 Å². The summed E-state index contributed by atoms with van der Waals surface area (Å²) in [5, 5.41) is 3.59. The number of amides is 1. The van der Waals surface area contributed by atoms with Gasteiger partial charge < -0.3 is 5.32 Å². The van der Waals surface area contributed by atoms with Crippen molar-refractivity contribution in [3.63, 3.8) is 0 Å². The smallest absolute Gasteiger partial charge is 0.251 e. The van der Waals surface area contributed by atoms with Crippen LogP contribution in [-0.4, -0.2) is 17.8 Å². The number of hydrogen-bond acceptors (Lipinski definition) is 1. The van der Waals surface area contributed by atoms with Crippen LogP contribution in [0.25, 0.3) is 0 Å². The molecule has 0 aromatic heterocycles. The Balaban J connectivity index is 2.48. The zero-order valence-electron chi connectivity index (χ0n) is 7.59. The van der Waals surface area contributed by atoms with Gasteiger partial charge in [-0.05, 0) is 30.7 Å². The van der Waals surface area contributed by atoms with Gasteiger partial charge in [-0.3, -0.25) is 4.79 Å². The standard InChI is InChI=1S/C10H11BrFNO/c11-6-1-7-13-10(14)8-2-4-9(12)5-3-8/h2-5H,1,6-7H2,(H,13,14). The van der Waals surface area contributed by atoms with Gasteiger partial charge in [0, 0.05) is 17.4 Å². The van der Waals surface area contributed by atoms with Gasteiger partial charge in [0.15, 0.2) is 0 Å². The molecule has 2 nitrogen and oxygen atoms in total. The fraction of sp³-hybridized carbons (Fsp3) is 0.300. The van der Waals surface area contributed by atoms with Gasteiger partial charge in [0.25, 0.3) is 5.91 Å². The Bertz CT molecular complexity index is 299. The number of carbonyl (C=O) groups excluding carboxylic acids is 1. The molecule has 0 atom stereocenters. The van der Waals surface area contributed by atoms with E-state index in [1.807, 2.05) is 0 Å². The van der Waals surface area contributed by atoms with Gasteiger partial charge in [0.05, 0.1) is 0 Å². The Hall–Kier alpha value is -0.900. The second-order valence-electron chi connectivity index (χ2n) is 2.81. The summed E-state index contributed by atoms with van der Waals surface area (Å²) in [7, 11) is 0. The molecule has 1 N–H and O–H groups in total. The first-order valence-corrected chi connectivity index (χ1v) is 5.46. The zero-order valence-corrected chi connectivity index (χ0v) is 9.18. The molecule has 0 bridgehead atoms. The minimum absolute atomic E-state index is 0.161. The third kappa shape index (κ3) is 3.46. The summed E-state index contributed by atoms with van der Waals surface area (Å²) < 4.78 is 12.5. The summed E-state index contributed by atoms with van der Waals surface area (Å²) in [4.78, 5) is 11.4. The highest BCUT2D eigenvalue weighted by Crippen LogP contribution is 2.02. The van der Waals surface area contributed by atoms with Crippen molar-refractivity contribution in [1.82, 2.24) is 5.32 Å². The number of halogens is 2. The molecule has 4 heteroatoms. The minimum Gasteiger partial charge on any atom is -0.352 e. The van der Waals surface area contributed by atoms with Gasteiger partial charge in [0.1, 0.15) is 5.82 Å². The molecule has 0 aliphatic carbocycles. The third-order valence-electron chi connectivity index (χ3n) is 1.70. The summed E-state index contributed by atoms with van der Waals surface area (Å²) in [5.74, 6) is -0.493. The summed E-state index contributed by atoms with van der Waals surface area (Å²) in [6.45, 7) is 0.626. The van der Waals surface area contributed by atoms with Crippen molar-refractivity contribution < 1.29 is 9.18 Å². The number of nitrogens with one attached hydrogen (secondary N) is 1. The molecule has 0 aliphatic heterocycles. The first-order valence-electron chi connectivity index (χ1n) is 4.34. The molecular formula is C10H11BrFNO. The van der Waals surface area contributed by atoms with Gasteiger partial charge in [-0.1, -0.05) is 15.9 Å². The minimum atomic E-state index is -0.331. The van der Waals surface area contributed by atoms with E-state index in [9.17, 15) is 9.18 Å². The Kier molecular flexibility index (Phi) is 4.59. The topological polar surface area (TPSA) is 29.1 Å². The lowest BCUT2D eigenvalue weighted by atomic mass is 10.2. The molecule has 0 fully saturated rings. The largest absolute Gasteiger partial charge is 0.352 e. The van der Waals surface area contributed by atoms with Crippen LogP contribution >= 0.6 is 15.9 Å². The van der Waals surface area contributed by atoms with Crippen molar-refractivity contribution in [3.8, 4) is 0 Å². The number of benzene rings is 1. The lowest BCUT2D eigenvalue weighted by Gasteiger charge is -2.03. The lowest BCUT2D eigenvalue weighted by molar-refractivity contribution is 0.0954. The van der Waals surface area contributed by atoms with Crippen LogP contribution < -0.4 is 5.32 Å². The van der Waals surface area contributed by atoms with Crippen molar-refractivity contribution in [2.75, 3.05) is 11.9 Å². The van der Waals surface area contributed by atoms with E-state index in [0.717, 1.165) is 11.8 Å². The zero-order chi connectivity index (χ0) is 10.4. The first-order chi connectivity index (χ1) is 6.74. The highest BCUT2D eigenvalue weighted by atomic mass is 79.9. The van der Waals surface area contributed by atoms with Crippen LogP contribution in [0.5, 0.6) is 0 Å². The van der Waals surface area contributed by atoms with E-state index < -0.39 is 0 Å². The highest BCUT2D eigenvalue weighted by Gasteiger charge is 2.03. The second kappa shape index (κ2) is 5.75. The Morgan fingerprint density at radius 3 is 2.57 bits per heavy atom. The van der Waals surface area contributed by atoms with Crippen LogP contribution in [0.1, 0.15) is 16.8 Å². The molecule has 0 unspecified atom stereocenters. The van der Waals surface area contributed by atoms with Crippen molar-refractivity contribution >= 4 is 21.8 Å². The lowest BCUT2D eigenvalue weighted by Crippen LogP contribution is -2.24. The molecule has 1 amide bonds. The molecule has 1 rings (SSSR count). The molecular weight excluding hydrogens is 249 g/mol. The second-order valence-corrected chi connectivity index (χ2v) is 3.60. The van der Waals surface area contributed by atoms with Crippen molar-refractivity contribution in [3.05, 3.63) is 35.6 Å². The summed E-state index contributed by atoms with van der Waals surface area (Å²) in [5.41, 5.74) is 0.487. The molecule has 0 aliphatic rings. The van der Waals surface area contributed by atoms with Crippen LogP contribution in [0, 0.1) is 5.82 Å². The van der Waals surface area contributed by atoms with E-state index in [2.05, 4.69) is 21.2 Å². The van der Waals surface area contributed by atoms with E-state index in [0.29, 0.717) is 12.1 Å². The van der Waals surface area contributed by atoms with Crippen LogP contribution in [0.15, 0.2) is 24.3 Å². The van der Waals surface area contributed by atoms with E-state index in [4.69, 9.17) is 0 Å². The highest BCUT2D eigenvalue weighted by molar-refractivity contribution is 9.09. The molecule has 0 heterocycles. The third-order valence-corrected chi connectivity index (χ3v) is 2.26. The van der Waals surface area contributed by atoms with Crippen LogP contribution in [0.4, 0.5) is 4.39 Å². The SMILES string of the molecule is O=C(NCCCBr)c1ccc(F)cc1. The van der Waals surface area contributed by atoms with Crippen LogP contribution in [-0.2, 0) is 0 Å². The first kappa shape index (κ1) is 11.2. The van der Waals surface area contributed by atoms with E-state index in [1.54, 1.807) is 0 Å². The maximum atomic E-state index is 12.5. The molecule has 0 saturated heterocycles. The van der Waals surface area contributed by atoms with Gasteiger partial charge >= 0.3 is 0 Å². The molecule has 0 saturated carbocycles. The van der Waals surface area contributed by atoms with Crippen LogP contribution in [0.3, 0.4) is 0 Å². The van der Waals surface area contributed by atoms with Crippen molar-refractivity contribution in [2.24, 2.45) is 0 Å². The molecule has 1 aromatic rings. The Morgan fingerprint density at radius 1 is 1.36 bits per heavy atom. The molecule has 0 spiro atoms. The molecule has 14 heavy (non-hydrogen) atoms. The van der Waals surface area contributed by atoms with E-state index in [1.165, 1.54) is 24.3 Å². The maximum absolute atomic E-state index is 12.5. The van der Waals surface area contributed by atoms with Gasteiger partial charge in [-0.15, -0.1) is 0 Å². The summed E-state index contributed by atoms with van der Waals surface area (Å²) in [6.07, 6.45) is 0.882. The van der Waals surface area contributed by atoms with Gasteiger partial charge in [-0.2, -0.15) is 0 Å². The average molecular weight is 260 g/mol. The maximum Gasteiger partial charge on any atom is 0.251 e. The Labute approximate surface area is 90.6 Å². The number of carbonyl (C=O) groups is 1. The summed E-state index contributed by atoms with van der Waals surface area (Å²) in [6, 6.07) is 5.50. The van der Waals surface area contributed by atoms with Crippen LogP contribution in [0.2, 0.25) is 0 Å². The number of rotatable bonds is 4. The normalized spacial score (nSPS) is 9.86. The summed E-state index contributed by atoms with van der Waals surface area (Å²) >= 11 is 3.26. The fourth-order valence-electron chi connectivity index (χ4n) is 0.972. The quantitative estimate of drug-likeness (QED) is 0.653. The number of alkyl halides is 1. The fourth-order valence-corrected chi connectivity index (χ4v) is 1.25. The number of hydrogen-bond donors (Lipinski definition) is 1. The molecule has 1 aromatic carbocycles. The van der Waals surface area contributed by atoms with Gasteiger partial charge in [0.2, 0.25) is 0 Å². The van der Waals surface area contributed by atoms with Gasteiger partial charge in [-0.25, -0.2) is 4.39 Å². The van der Waals surface area contributed by atoms with Crippen molar-refractivity contribution in [2.45, 2.75) is 6.42 Å². The monoisotopic (exact) mass is 259 g/mol. The van der Waals surface area contributed by atoms with E-state index >= 15 is 0 Å². The molecule has 0 radical (unpaired) electrons.